The Kier molecular flexibility index (Phi) is 7.48. The lowest BCUT2D eigenvalue weighted by molar-refractivity contribution is 0.660. The summed E-state index contributed by atoms with van der Waals surface area (Å²) < 4.78 is 0. The lowest BCUT2D eigenvalue weighted by atomic mass is 9.82. The van der Waals surface area contributed by atoms with Crippen molar-refractivity contribution in [2.24, 2.45) is 0 Å². The maximum Gasteiger partial charge on any atom is 0.160 e. The quantitative estimate of drug-likeness (QED) is 0.179. The maximum absolute atomic E-state index is 5.11. The van der Waals surface area contributed by atoms with Crippen LogP contribution in [0.3, 0.4) is 0 Å². The van der Waals surface area contributed by atoms with Crippen LogP contribution in [0.5, 0.6) is 0 Å². The first-order chi connectivity index (χ1) is 25.0. The topological polar surface area (TPSA) is 38.7 Å². The molecule has 9 rings (SSSR count). The fourth-order valence-corrected chi connectivity index (χ4v) is 7.50. The Morgan fingerprint density at radius 2 is 0.922 bits per heavy atom. The molecule has 3 heteroatoms. The monoisotopic (exact) mass is 653 g/mol. The second-order valence-corrected chi connectivity index (χ2v) is 13.7. The second kappa shape index (κ2) is 12.5. The van der Waals surface area contributed by atoms with Crippen LogP contribution >= 0.6 is 0 Å². The van der Waals surface area contributed by atoms with E-state index in [4.69, 9.17) is 15.0 Å². The molecule has 0 bridgehead atoms. The highest BCUT2D eigenvalue weighted by Crippen LogP contribution is 2.52. The number of rotatable bonds is 6. The van der Waals surface area contributed by atoms with Crippen LogP contribution in [0, 0.1) is 0 Å². The zero-order valence-electron chi connectivity index (χ0n) is 28.6. The van der Waals surface area contributed by atoms with Gasteiger partial charge in [0.1, 0.15) is 0 Å². The lowest BCUT2D eigenvalue weighted by Gasteiger charge is -2.21. The van der Waals surface area contributed by atoms with E-state index in [2.05, 4.69) is 147 Å². The van der Waals surface area contributed by atoms with Crippen molar-refractivity contribution in [3.8, 4) is 78.5 Å². The van der Waals surface area contributed by atoms with E-state index in [0.29, 0.717) is 5.82 Å². The van der Waals surface area contributed by atoms with Gasteiger partial charge in [0.15, 0.2) is 5.82 Å². The van der Waals surface area contributed by atoms with Gasteiger partial charge in [-0.1, -0.05) is 153 Å². The van der Waals surface area contributed by atoms with Crippen molar-refractivity contribution >= 4 is 0 Å². The molecule has 0 fully saturated rings. The third-order valence-electron chi connectivity index (χ3n) is 10.2. The van der Waals surface area contributed by atoms with E-state index in [1.54, 1.807) is 0 Å². The van der Waals surface area contributed by atoms with Gasteiger partial charge in [0, 0.05) is 33.9 Å². The summed E-state index contributed by atoms with van der Waals surface area (Å²) in [5.74, 6) is 0.684. The first-order valence-electron chi connectivity index (χ1n) is 17.4. The minimum absolute atomic E-state index is 0.0388. The molecule has 0 atom stereocenters. The van der Waals surface area contributed by atoms with E-state index in [9.17, 15) is 0 Å². The van der Waals surface area contributed by atoms with E-state index in [1.807, 2.05) is 42.6 Å². The zero-order chi connectivity index (χ0) is 34.4. The number of hydrogen-bond acceptors (Lipinski definition) is 3. The lowest BCUT2D eigenvalue weighted by Crippen LogP contribution is -2.14. The Bertz CT molecular complexity index is 2530. The Labute approximate surface area is 299 Å². The van der Waals surface area contributed by atoms with Gasteiger partial charge in [0.25, 0.3) is 0 Å². The van der Waals surface area contributed by atoms with E-state index < -0.39 is 0 Å². The summed E-state index contributed by atoms with van der Waals surface area (Å²) in [4.78, 5) is 14.9. The molecular weight excluding hydrogens is 619 g/mol. The molecule has 2 aromatic heterocycles. The second-order valence-electron chi connectivity index (χ2n) is 13.7. The fraction of sp³-hybridized carbons (Fsp3) is 0.0625. The van der Waals surface area contributed by atoms with Gasteiger partial charge >= 0.3 is 0 Å². The van der Waals surface area contributed by atoms with Crippen LogP contribution in [-0.4, -0.2) is 15.0 Å². The first kappa shape index (κ1) is 30.6. The van der Waals surface area contributed by atoms with Crippen molar-refractivity contribution in [1.29, 1.82) is 0 Å². The molecule has 0 aliphatic heterocycles. The molecule has 3 nitrogen and oxygen atoms in total. The zero-order valence-corrected chi connectivity index (χ0v) is 28.6. The van der Waals surface area contributed by atoms with Crippen LogP contribution in [0.4, 0.5) is 0 Å². The van der Waals surface area contributed by atoms with Gasteiger partial charge in [0.05, 0.1) is 17.1 Å². The number of fused-ring (bicyclic) bond motifs is 3. The van der Waals surface area contributed by atoms with Crippen LogP contribution < -0.4 is 0 Å². The predicted molar refractivity (Wildman–Crippen MR) is 210 cm³/mol. The largest absolute Gasteiger partial charge is 0.256 e. The SMILES string of the molecule is CC1(C)c2ccccc2-c2c(-c3cccc(-c4cccc(-c5cc(-c6ccc(-c7ccccc7)nc6)nc(-c6ccccc6)n5)c4)c3)cccc21. The molecule has 0 radical (unpaired) electrons. The van der Waals surface area contributed by atoms with E-state index in [0.717, 1.165) is 50.5 Å². The third kappa shape index (κ3) is 5.53. The Morgan fingerprint density at radius 1 is 0.373 bits per heavy atom. The van der Waals surface area contributed by atoms with Crippen LogP contribution in [0.2, 0.25) is 0 Å². The molecule has 51 heavy (non-hydrogen) atoms. The third-order valence-corrected chi connectivity index (χ3v) is 10.2. The molecule has 242 valence electrons. The summed E-state index contributed by atoms with van der Waals surface area (Å²) in [7, 11) is 0. The van der Waals surface area contributed by atoms with Crippen LogP contribution in [0.15, 0.2) is 176 Å². The highest BCUT2D eigenvalue weighted by atomic mass is 14.9. The molecule has 0 spiro atoms. The van der Waals surface area contributed by atoms with Gasteiger partial charge in [-0.25, -0.2) is 9.97 Å². The van der Waals surface area contributed by atoms with Gasteiger partial charge < -0.3 is 0 Å². The summed E-state index contributed by atoms with van der Waals surface area (Å²) in [6.07, 6.45) is 1.91. The summed E-state index contributed by atoms with van der Waals surface area (Å²) in [6.45, 7) is 4.67. The fourth-order valence-electron chi connectivity index (χ4n) is 7.50. The Balaban J connectivity index is 1.11. The van der Waals surface area contributed by atoms with Gasteiger partial charge in [-0.3, -0.25) is 4.98 Å². The van der Waals surface area contributed by atoms with Crippen LogP contribution in [0.1, 0.15) is 25.0 Å². The number of pyridine rings is 1. The van der Waals surface area contributed by atoms with Crippen LogP contribution in [-0.2, 0) is 5.41 Å². The maximum atomic E-state index is 5.11. The summed E-state index contributed by atoms with van der Waals surface area (Å²) in [6, 6.07) is 59.9. The molecule has 1 aliphatic carbocycles. The molecule has 2 heterocycles. The van der Waals surface area contributed by atoms with Gasteiger partial charge in [-0.15, -0.1) is 0 Å². The predicted octanol–water partition coefficient (Wildman–Crippen LogP) is 12.2. The van der Waals surface area contributed by atoms with Gasteiger partial charge in [-0.2, -0.15) is 0 Å². The minimum atomic E-state index is -0.0388. The van der Waals surface area contributed by atoms with Crippen molar-refractivity contribution in [1.82, 2.24) is 15.0 Å². The van der Waals surface area contributed by atoms with E-state index >= 15 is 0 Å². The molecule has 8 aromatic rings. The Morgan fingerprint density at radius 3 is 1.65 bits per heavy atom. The first-order valence-corrected chi connectivity index (χ1v) is 17.4. The van der Waals surface area contributed by atoms with Crippen molar-refractivity contribution in [3.05, 3.63) is 187 Å². The molecule has 0 N–H and O–H groups in total. The molecule has 0 amide bonds. The number of nitrogens with zero attached hydrogens (tertiary/aromatic N) is 3. The normalized spacial score (nSPS) is 12.7. The van der Waals surface area contributed by atoms with E-state index in [1.165, 1.54) is 33.4 Å². The van der Waals surface area contributed by atoms with Crippen molar-refractivity contribution in [2.45, 2.75) is 19.3 Å². The average Bonchev–Trinajstić information content (AvgIpc) is 3.44. The molecule has 0 unspecified atom stereocenters. The van der Waals surface area contributed by atoms with Gasteiger partial charge in [0.2, 0.25) is 0 Å². The Hall–Kier alpha value is -6.45. The molecule has 6 aromatic carbocycles. The smallest absolute Gasteiger partial charge is 0.160 e. The van der Waals surface area contributed by atoms with Crippen LogP contribution in [0.25, 0.3) is 78.5 Å². The molecular formula is C48H35N3. The standard InChI is InChI=1S/C48H35N3/c1-48(2)41-24-10-9-22-40(41)46-39(23-13-25-42(46)48)36-20-11-18-34(28-36)35-19-12-21-37(29-35)44-30-45(51-47(50-44)33-16-7-4-8-17-33)38-26-27-43(49-31-38)32-14-5-3-6-15-32/h3-31H,1-2H3. The van der Waals surface area contributed by atoms with E-state index in [-0.39, 0.29) is 5.41 Å². The highest BCUT2D eigenvalue weighted by molar-refractivity contribution is 5.93. The highest BCUT2D eigenvalue weighted by Gasteiger charge is 2.36. The van der Waals surface area contributed by atoms with Gasteiger partial charge in [-0.05, 0) is 74.8 Å². The average molecular weight is 654 g/mol. The summed E-state index contributed by atoms with van der Waals surface area (Å²) in [5.41, 5.74) is 16.8. The summed E-state index contributed by atoms with van der Waals surface area (Å²) >= 11 is 0. The van der Waals surface area contributed by atoms with Crippen molar-refractivity contribution in [2.75, 3.05) is 0 Å². The van der Waals surface area contributed by atoms with Crippen molar-refractivity contribution in [3.63, 3.8) is 0 Å². The van der Waals surface area contributed by atoms with Crippen molar-refractivity contribution < 1.29 is 0 Å². The number of hydrogen-bond donors (Lipinski definition) is 0. The molecule has 1 aliphatic rings. The minimum Gasteiger partial charge on any atom is -0.256 e. The number of benzene rings is 6. The summed E-state index contributed by atoms with van der Waals surface area (Å²) in [5, 5.41) is 0. The molecule has 0 saturated carbocycles. The molecule has 0 saturated heterocycles. The number of aromatic nitrogens is 3.